The zero-order valence-corrected chi connectivity index (χ0v) is 17.1. The molecule has 27 heavy (non-hydrogen) atoms. The first-order chi connectivity index (χ1) is 12.6. The largest absolute Gasteiger partial charge is 0.497 e. The Hall–Kier alpha value is -1.75. The third-order valence-electron chi connectivity index (χ3n) is 4.92. The van der Waals surface area contributed by atoms with Crippen LogP contribution in [-0.2, 0) is 4.79 Å². The van der Waals surface area contributed by atoms with Crippen molar-refractivity contribution in [3.63, 3.8) is 0 Å². The van der Waals surface area contributed by atoms with Gasteiger partial charge in [-0.1, -0.05) is 41.9 Å². The summed E-state index contributed by atoms with van der Waals surface area (Å²) in [5, 5.41) is 7.25. The second-order valence-corrected chi connectivity index (χ2v) is 7.22. The Labute approximate surface area is 172 Å². The van der Waals surface area contributed by atoms with Gasteiger partial charge in [-0.2, -0.15) is 0 Å². The van der Waals surface area contributed by atoms with Crippen molar-refractivity contribution >= 4 is 29.9 Å². The van der Waals surface area contributed by atoms with Gasteiger partial charge < -0.3 is 15.4 Å². The predicted octanol–water partition coefficient (Wildman–Crippen LogP) is 4.36. The third kappa shape index (κ3) is 5.38. The number of carbonyl (C=O) groups excluding carboxylic acids is 1. The summed E-state index contributed by atoms with van der Waals surface area (Å²) in [4.78, 5) is 13.0. The molecule has 6 heteroatoms. The second-order valence-electron chi connectivity index (χ2n) is 6.82. The molecule has 0 bridgehead atoms. The van der Waals surface area contributed by atoms with Gasteiger partial charge in [-0.05, 0) is 55.6 Å². The van der Waals surface area contributed by atoms with Crippen LogP contribution in [0.15, 0.2) is 48.5 Å². The fourth-order valence-electron chi connectivity index (χ4n) is 3.50. The standard InChI is InChI=1S/C21H25ClN2O2.ClH/c1-14-12-16(10-11-23-14)21(25)24-20(18-8-3-4-9-19(18)22)15-6-5-7-17(13-15)26-2;/h3-9,13-14,16,20,23H,10-12H2,1-2H3,(H,24,25);1H/t14-,16-,20?;/m0./s1. The number of rotatable bonds is 5. The Bertz CT molecular complexity index is 769. The van der Waals surface area contributed by atoms with Crippen molar-refractivity contribution in [1.82, 2.24) is 10.6 Å². The van der Waals surface area contributed by atoms with Crippen molar-refractivity contribution < 1.29 is 9.53 Å². The summed E-state index contributed by atoms with van der Waals surface area (Å²) in [6, 6.07) is 15.4. The maximum atomic E-state index is 13.0. The zero-order chi connectivity index (χ0) is 18.5. The molecule has 1 heterocycles. The SMILES string of the molecule is COc1cccc(C(NC(=O)[C@H]2CCN[C@@H](C)C2)c2ccccc2Cl)c1.Cl. The van der Waals surface area contributed by atoms with Crippen LogP contribution in [0.25, 0.3) is 0 Å². The van der Waals surface area contributed by atoms with Gasteiger partial charge in [0, 0.05) is 17.0 Å². The molecule has 4 nitrogen and oxygen atoms in total. The number of hydrogen-bond acceptors (Lipinski definition) is 3. The first kappa shape index (κ1) is 21.5. The molecule has 1 unspecified atom stereocenters. The Morgan fingerprint density at radius 3 is 2.74 bits per heavy atom. The van der Waals surface area contributed by atoms with E-state index in [1.807, 2.05) is 48.5 Å². The highest BCUT2D eigenvalue weighted by molar-refractivity contribution is 6.31. The van der Waals surface area contributed by atoms with Gasteiger partial charge in [-0.3, -0.25) is 4.79 Å². The molecule has 0 aromatic heterocycles. The molecule has 2 N–H and O–H groups in total. The number of ether oxygens (including phenoxy) is 1. The average Bonchev–Trinajstić information content (AvgIpc) is 2.66. The van der Waals surface area contributed by atoms with Crippen LogP contribution < -0.4 is 15.4 Å². The molecule has 3 rings (SSSR count). The van der Waals surface area contributed by atoms with Crippen LogP contribution in [0.4, 0.5) is 0 Å². The lowest BCUT2D eigenvalue weighted by Crippen LogP contribution is -2.43. The van der Waals surface area contributed by atoms with Gasteiger partial charge in [0.2, 0.25) is 5.91 Å². The highest BCUT2D eigenvalue weighted by Gasteiger charge is 2.28. The molecular formula is C21H26Cl2N2O2. The summed E-state index contributed by atoms with van der Waals surface area (Å²) in [7, 11) is 1.64. The van der Waals surface area contributed by atoms with Crippen LogP contribution in [0.2, 0.25) is 5.02 Å². The summed E-state index contributed by atoms with van der Waals surface area (Å²) in [5.41, 5.74) is 1.84. The lowest BCUT2D eigenvalue weighted by atomic mass is 9.91. The summed E-state index contributed by atoms with van der Waals surface area (Å²) < 4.78 is 5.35. The minimum atomic E-state index is -0.309. The maximum Gasteiger partial charge on any atom is 0.223 e. The lowest BCUT2D eigenvalue weighted by Gasteiger charge is -2.29. The van der Waals surface area contributed by atoms with E-state index in [-0.39, 0.29) is 30.3 Å². The number of methoxy groups -OCH3 is 1. The minimum Gasteiger partial charge on any atom is -0.497 e. The molecule has 0 aliphatic carbocycles. The molecule has 3 atom stereocenters. The quantitative estimate of drug-likeness (QED) is 0.772. The van der Waals surface area contributed by atoms with Crippen molar-refractivity contribution in [3.8, 4) is 5.75 Å². The predicted molar refractivity (Wildman–Crippen MR) is 112 cm³/mol. The molecule has 2 aromatic carbocycles. The van der Waals surface area contributed by atoms with Crippen LogP contribution in [0.1, 0.15) is 36.9 Å². The number of benzene rings is 2. The van der Waals surface area contributed by atoms with Crippen molar-refractivity contribution in [1.29, 1.82) is 0 Å². The van der Waals surface area contributed by atoms with Crippen molar-refractivity contribution in [3.05, 3.63) is 64.7 Å². The van der Waals surface area contributed by atoms with Crippen molar-refractivity contribution in [2.75, 3.05) is 13.7 Å². The molecular weight excluding hydrogens is 383 g/mol. The third-order valence-corrected chi connectivity index (χ3v) is 5.27. The van der Waals surface area contributed by atoms with Crippen molar-refractivity contribution in [2.24, 2.45) is 5.92 Å². The molecule has 2 aromatic rings. The maximum absolute atomic E-state index is 13.0. The van der Waals surface area contributed by atoms with E-state index in [9.17, 15) is 4.79 Å². The first-order valence-corrected chi connectivity index (χ1v) is 9.38. The van der Waals surface area contributed by atoms with E-state index in [1.165, 1.54) is 0 Å². The summed E-state index contributed by atoms with van der Waals surface area (Å²) in [5.74, 6) is 0.845. The molecule has 1 fully saturated rings. The molecule has 146 valence electrons. The zero-order valence-electron chi connectivity index (χ0n) is 15.6. The highest BCUT2D eigenvalue weighted by atomic mass is 35.5. The fourth-order valence-corrected chi connectivity index (χ4v) is 3.75. The Morgan fingerprint density at radius 2 is 2.04 bits per heavy atom. The second kappa shape index (κ2) is 9.98. The van der Waals surface area contributed by atoms with Crippen LogP contribution >= 0.6 is 24.0 Å². The van der Waals surface area contributed by atoms with E-state index in [1.54, 1.807) is 7.11 Å². The van der Waals surface area contributed by atoms with Gasteiger partial charge >= 0.3 is 0 Å². The van der Waals surface area contributed by atoms with Gasteiger partial charge in [0.1, 0.15) is 5.75 Å². The number of halogens is 2. The van der Waals surface area contributed by atoms with Gasteiger partial charge in [0.05, 0.1) is 13.2 Å². The first-order valence-electron chi connectivity index (χ1n) is 9.00. The molecule has 0 spiro atoms. The monoisotopic (exact) mass is 408 g/mol. The molecule has 1 saturated heterocycles. The summed E-state index contributed by atoms with van der Waals surface area (Å²) >= 11 is 6.44. The number of nitrogens with one attached hydrogen (secondary N) is 2. The lowest BCUT2D eigenvalue weighted by molar-refractivity contribution is -0.126. The van der Waals surface area contributed by atoms with Gasteiger partial charge in [-0.15, -0.1) is 12.4 Å². The average molecular weight is 409 g/mol. The van der Waals surface area contributed by atoms with E-state index in [2.05, 4.69) is 17.6 Å². The van der Waals surface area contributed by atoms with E-state index >= 15 is 0 Å². The minimum absolute atomic E-state index is 0. The van der Waals surface area contributed by atoms with E-state index in [0.29, 0.717) is 11.1 Å². The highest BCUT2D eigenvalue weighted by Crippen LogP contribution is 2.31. The van der Waals surface area contributed by atoms with Gasteiger partial charge in [0.15, 0.2) is 0 Å². The molecule has 1 aliphatic rings. The van der Waals surface area contributed by atoms with Crippen LogP contribution in [0, 0.1) is 5.92 Å². The topological polar surface area (TPSA) is 50.4 Å². The normalized spacial score (nSPS) is 20.3. The van der Waals surface area contributed by atoms with E-state index in [4.69, 9.17) is 16.3 Å². The van der Waals surface area contributed by atoms with Crippen LogP contribution in [-0.4, -0.2) is 25.6 Å². The summed E-state index contributed by atoms with van der Waals surface area (Å²) in [6.45, 7) is 2.99. The molecule has 0 radical (unpaired) electrons. The number of carbonyl (C=O) groups is 1. The summed E-state index contributed by atoms with van der Waals surface area (Å²) in [6.07, 6.45) is 1.70. The van der Waals surface area contributed by atoms with Crippen molar-refractivity contribution in [2.45, 2.75) is 31.8 Å². The number of amides is 1. The van der Waals surface area contributed by atoms with Gasteiger partial charge in [-0.25, -0.2) is 0 Å². The molecule has 1 amide bonds. The van der Waals surface area contributed by atoms with Crippen LogP contribution in [0.3, 0.4) is 0 Å². The van der Waals surface area contributed by atoms with E-state index < -0.39 is 0 Å². The number of piperidine rings is 1. The Morgan fingerprint density at radius 1 is 1.26 bits per heavy atom. The van der Waals surface area contributed by atoms with Crippen LogP contribution in [0.5, 0.6) is 5.75 Å². The Kier molecular flexibility index (Phi) is 7.96. The fraction of sp³-hybridized carbons (Fsp3) is 0.381. The van der Waals surface area contributed by atoms with E-state index in [0.717, 1.165) is 36.3 Å². The van der Waals surface area contributed by atoms with Gasteiger partial charge in [0.25, 0.3) is 0 Å². The molecule has 1 aliphatic heterocycles. The molecule has 0 saturated carbocycles. The smallest absolute Gasteiger partial charge is 0.223 e. The number of hydrogen-bond donors (Lipinski definition) is 2. The Balaban J connectivity index is 0.00000261.